The molecule has 0 bridgehead atoms. The second kappa shape index (κ2) is 8.28. The van der Waals surface area contributed by atoms with Gasteiger partial charge in [-0.25, -0.2) is 4.98 Å². The van der Waals surface area contributed by atoms with E-state index in [2.05, 4.69) is 31.1 Å². The van der Waals surface area contributed by atoms with Crippen LogP contribution in [0.3, 0.4) is 0 Å². The number of benzene rings is 2. The molecule has 4 rings (SSSR count). The van der Waals surface area contributed by atoms with E-state index in [0.717, 1.165) is 16.5 Å². The molecule has 0 unspecified atom stereocenters. The largest absolute Gasteiger partial charge is 0.338 e. The second-order valence-corrected chi connectivity index (χ2v) is 8.04. The van der Waals surface area contributed by atoms with Gasteiger partial charge in [0.25, 0.3) is 5.56 Å². The van der Waals surface area contributed by atoms with Gasteiger partial charge in [0.2, 0.25) is 11.7 Å². The molecule has 6 nitrogen and oxygen atoms in total. The number of para-hydroxylation sites is 1. The molecule has 2 aromatic carbocycles. The highest BCUT2D eigenvalue weighted by Crippen LogP contribution is 2.24. The lowest BCUT2D eigenvalue weighted by Gasteiger charge is -2.11. The predicted octanol–water partition coefficient (Wildman–Crippen LogP) is 4.91. The van der Waals surface area contributed by atoms with Crippen LogP contribution in [0.1, 0.15) is 19.2 Å². The van der Waals surface area contributed by atoms with Gasteiger partial charge in [0.15, 0.2) is 5.16 Å². The Morgan fingerprint density at radius 1 is 1.14 bits per heavy atom. The summed E-state index contributed by atoms with van der Waals surface area (Å²) >= 11 is 4.87. The minimum atomic E-state index is -0.0182. The maximum atomic E-state index is 12.8. The lowest BCUT2D eigenvalue weighted by molar-refractivity contribution is 0.391. The lowest BCUT2D eigenvalue weighted by Crippen LogP contribution is -2.23. The van der Waals surface area contributed by atoms with Crippen molar-refractivity contribution in [2.45, 2.75) is 30.8 Å². The Labute approximate surface area is 174 Å². The summed E-state index contributed by atoms with van der Waals surface area (Å²) in [4.78, 5) is 22.0. The maximum Gasteiger partial charge on any atom is 0.262 e. The molecule has 0 aliphatic heterocycles. The molecule has 8 heteroatoms. The molecule has 2 heterocycles. The average molecular weight is 457 g/mol. The van der Waals surface area contributed by atoms with Crippen molar-refractivity contribution in [3.8, 4) is 11.4 Å². The van der Waals surface area contributed by atoms with Crippen LogP contribution < -0.4 is 5.56 Å². The van der Waals surface area contributed by atoms with Gasteiger partial charge < -0.3 is 4.52 Å². The van der Waals surface area contributed by atoms with Crippen LogP contribution in [0.4, 0.5) is 0 Å². The highest BCUT2D eigenvalue weighted by molar-refractivity contribution is 9.10. The molecule has 142 valence electrons. The van der Waals surface area contributed by atoms with Gasteiger partial charge in [-0.2, -0.15) is 4.98 Å². The molecule has 0 fully saturated rings. The fraction of sp³-hybridized carbons (Fsp3) is 0.200. The normalized spacial score (nSPS) is 11.2. The third-order valence-electron chi connectivity index (χ3n) is 4.15. The Balaban J connectivity index is 1.61. The van der Waals surface area contributed by atoms with Crippen molar-refractivity contribution in [1.29, 1.82) is 0 Å². The number of rotatable bonds is 6. The number of thioether (sulfide) groups is 1. The molecule has 0 spiro atoms. The van der Waals surface area contributed by atoms with Crippen LogP contribution in [0.5, 0.6) is 0 Å². The van der Waals surface area contributed by atoms with Crippen molar-refractivity contribution in [1.82, 2.24) is 19.7 Å². The molecular formula is C20H17BrN4O2S. The van der Waals surface area contributed by atoms with E-state index >= 15 is 0 Å². The van der Waals surface area contributed by atoms with Crippen LogP contribution in [0.25, 0.3) is 22.3 Å². The Bertz CT molecular complexity index is 1190. The van der Waals surface area contributed by atoms with Crippen LogP contribution in [-0.4, -0.2) is 19.7 Å². The van der Waals surface area contributed by atoms with Crippen LogP contribution in [0.2, 0.25) is 0 Å². The molecule has 0 aliphatic rings. The van der Waals surface area contributed by atoms with Crippen LogP contribution in [-0.2, 0) is 12.3 Å². The quantitative estimate of drug-likeness (QED) is 0.303. The average Bonchev–Trinajstić information content (AvgIpc) is 3.18. The van der Waals surface area contributed by atoms with Gasteiger partial charge in [0.05, 0.1) is 16.7 Å². The van der Waals surface area contributed by atoms with Gasteiger partial charge in [0, 0.05) is 16.6 Å². The molecule has 0 saturated carbocycles. The van der Waals surface area contributed by atoms with Crippen molar-refractivity contribution in [2.75, 3.05) is 0 Å². The van der Waals surface area contributed by atoms with E-state index in [0.29, 0.717) is 40.1 Å². The minimum Gasteiger partial charge on any atom is -0.338 e. The lowest BCUT2D eigenvalue weighted by atomic mass is 10.2. The van der Waals surface area contributed by atoms with Crippen molar-refractivity contribution in [3.05, 3.63) is 69.2 Å². The van der Waals surface area contributed by atoms with E-state index in [1.54, 1.807) is 4.57 Å². The summed E-state index contributed by atoms with van der Waals surface area (Å²) < 4.78 is 8.06. The number of nitrogens with zero attached hydrogens (tertiary/aromatic N) is 4. The minimum absolute atomic E-state index is 0.0182. The monoisotopic (exact) mass is 456 g/mol. The zero-order chi connectivity index (χ0) is 19.5. The number of hydrogen-bond acceptors (Lipinski definition) is 6. The van der Waals surface area contributed by atoms with Crippen molar-refractivity contribution >= 4 is 38.6 Å². The fourth-order valence-electron chi connectivity index (χ4n) is 2.86. The molecule has 0 saturated heterocycles. The Morgan fingerprint density at radius 3 is 2.82 bits per heavy atom. The maximum absolute atomic E-state index is 12.8. The highest BCUT2D eigenvalue weighted by atomic mass is 79.9. The van der Waals surface area contributed by atoms with E-state index in [9.17, 15) is 4.79 Å². The predicted molar refractivity (Wildman–Crippen MR) is 113 cm³/mol. The van der Waals surface area contributed by atoms with Gasteiger partial charge in [-0.15, -0.1) is 0 Å². The third-order valence-corrected chi connectivity index (χ3v) is 5.60. The first-order chi connectivity index (χ1) is 13.7. The van der Waals surface area contributed by atoms with E-state index in [-0.39, 0.29) is 5.56 Å². The highest BCUT2D eigenvalue weighted by Gasteiger charge is 2.14. The van der Waals surface area contributed by atoms with Gasteiger partial charge in [-0.3, -0.25) is 9.36 Å². The molecule has 0 amide bonds. The second-order valence-electron chi connectivity index (χ2n) is 6.18. The number of fused-ring (bicyclic) bond motifs is 1. The zero-order valence-electron chi connectivity index (χ0n) is 15.1. The van der Waals surface area contributed by atoms with Crippen molar-refractivity contribution in [3.63, 3.8) is 0 Å². The Hall–Kier alpha value is -2.45. The Kier molecular flexibility index (Phi) is 5.59. The molecular weight excluding hydrogens is 440 g/mol. The summed E-state index contributed by atoms with van der Waals surface area (Å²) in [5.41, 5.74) is 1.55. The molecule has 4 aromatic rings. The van der Waals surface area contributed by atoms with Gasteiger partial charge in [0.1, 0.15) is 0 Å². The smallest absolute Gasteiger partial charge is 0.262 e. The molecule has 28 heavy (non-hydrogen) atoms. The number of hydrogen-bond donors (Lipinski definition) is 0. The first-order valence-electron chi connectivity index (χ1n) is 8.86. The first-order valence-corrected chi connectivity index (χ1v) is 10.6. The standard InChI is InChI=1S/C20H17BrN4O2S/c1-2-10-25-19(26)15-8-3-4-9-16(15)22-20(25)28-12-17-23-18(24-27-17)13-6-5-7-14(21)11-13/h3-9,11H,2,10,12H2,1H3. The van der Waals surface area contributed by atoms with E-state index in [1.807, 2.05) is 55.5 Å². The summed E-state index contributed by atoms with van der Waals surface area (Å²) in [5, 5.41) is 5.35. The summed E-state index contributed by atoms with van der Waals surface area (Å²) in [7, 11) is 0. The SMILES string of the molecule is CCCn1c(SCc2nc(-c3cccc(Br)c3)no2)nc2ccccc2c1=O. The van der Waals surface area contributed by atoms with Gasteiger partial charge in [-0.1, -0.05) is 64.0 Å². The molecule has 0 atom stereocenters. The first kappa shape index (κ1) is 18.9. The Morgan fingerprint density at radius 2 is 2.00 bits per heavy atom. The number of aromatic nitrogens is 4. The van der Waals surface area contributed by atoms with Gasteiger partial charge >= 0.3 is 0 Å². The van der Waals surface area contributed by atoms with Crippen molar-refractivity contribution in [2.24, 2.45) is 0 Å². The van der Waals surface area contributed by atoms with E-state index < -0.39 is 0 Å². The van der Waals surface area contributed by atoms with Crippen LogP contribution >= 0.6 is 27.7 Å². The van der Waals surface area contributed by atoms with Crippen LogP contribution in [0.15, 0.2) is 67.5 Å². The van der Waals surface area contributed by atoms with Crippen molar-refractivity contribution < 1.29 is 4.52 Å². The zero-order valence-corrected chi connectivity index (χ0v) is 17.5. The summed E-state index contributed by atoms with van der Waals surface area (Å²) in [6.45, 7) is 2.66. The van der Waals surface area contributed by atoms with Gasteiger partial charge in [-0.05, 0) is 30.7 Å². The molecule has 2 aromatic heterocycles. The van der Waals surface area contributed by atoms with E-state index in [4.69, 9.17) is 4.52 Å². The molecule has 0 radical (unpaired) electrons. The number of halogens is 1. The molecule has 0 N–H and O–H groups in total. The summed E-state index contributed by atoms with van der Waals surface area (Å²) in [5.74, 6) is 1.47. The topological polar surface area (TPSA) is 73.8 Å². The fourth-order valence-corrected chi connectivity index (χ4v) is 4.13. The third kappa shape index (κ3) is 3.88. The van der Waals surface area contributed by atoms with Crippen LogP contribution in [0, 0.1) is 0 Å². The summed E-state index contributed by atoms with van der Waals surface area (Å²) in [6.07, 6.45) is 0.848. The van der Waals surface area contributed by atoms with E-state index in [1.165, 1.54) is 11.8 Å². The molecule has 0 aliphatic carbocycles. The summed E-state index contributed by atoms with van der Waals surface area (Å²) in [6, 6.07) is 15.1.